The van der Waals surface area contributed by atoms with Crippen molar-refractivity contribution in [3.05, 3.63) is 35.9 Å². The lowest BCUT2D eigenvalue weighted by Crippen LogP contribution is -2.66. The fourth-order valence-electron chi connectivity index (χ4n) is 4.37. The number of carbonyl (C=O) groups excluding carboxylic acids is 2. The molecular weight excluding hydrogens is 358 g/mol. The Hall–Kier alpha value is -2.41. The lowest BCUT2D eigenvalue weighted by atomic mass is 9.95. The standard InChI is InChI=1S/C21H29N3O4/c22-13-5-4-9-17-19(25)23-14-6-10-16(23)20(26)24(17)18(21(27)28)12-11-15-7-2-1-3-8-15/h1-3,7-8,16-18H,4-6,9-14,22H2,(H,27,28)/t16-,17-,18-/m1/s1. The SMILES string of the molecule is NCCCC[C@@H]1C(=O)N2CCC[C@@H]2C(=O)N1[C@H](CCc1ccccc1)C(=O)O. The molecule has 28 heavy (non-hydrogen) atoms. The molecule has 0 aliphatic carbocycles. The number of rotatable bonds is 9. The van der Waals surface area contributed by atoms with E-state index in [2.05, 4.69) is 0 Å². The molecule has 2 fully saturated rings. The molecule has 7 heteroatoms. The summed E-state index contributed by atoms with van der Waals surface area (Å²) in [6.07, 6.45) is 4.13. The van der Waals surface area contributed by atoms with E-state index in [1.165, 1.54) is 4.90 Å². The van der Waals surface area contributed by atoms with Crippen LogP contribution < -0.4 is 5.73 Å². The Balaban J connectivity index is 1.83. The minimum atomic E-state index is -1.05. The van der Waals surface area contributed by atoms with Gasteiger partial charge in [-0.2, -0.15) is 0 Å². The molecule has 0 unspecified atom stereocenters. The van der Waals surface area contributed by atoms with E-state index >= 15 is 0 Å². The Morgan fingerprint density at radius 3 is 2.61 bits per heavy atom. The van der Waals surface area contributed by atoms with E-state index in [0.717, 1.165) is 18.4 Å². The van der Waals surface area contributed by atoms with Crippen molar-refractivity contribution in [2.45, 2.75) is 63.1 Å². The van der Waals surface area contributed by atoms with Crippen molar-refractivity contribution < 1.29 is 19.5 Å². The molecule has 2 saturated heterocycles. The first-order chi connectivity index (χ1) is 13.5. The van der Waals surface area contributed by atoms with Crippen LogP contribution in [0.5, 0.6) is 0 Å². The van der Waals surface area contributed by atoms with Crippen LogP contribution in [-0.2, 0) is 20.8 Å². The number of nitrogens with zero attached hydrogens (tertiary/aromatic N) is 2. The van der Waals surface area contributed by atoms with Gasteiger partial charge in [-0.1, -0.05) is 30.3 Å². The number of unbranched alkanes of at least 4 members (excludes halogenated alkanes) is 1. The van der Waals surface area contributed by atoms with Crippen molar-refractivity contribution in [2.24, 2.45) is 5.73 Å². The van der Waals surface area contributed by atoms with Gasteiger partial charge in [-0.25, -0.2) is 4.79 Å². The minimum Gasteiger partial charge on any atom is -0.480 e. The van der Waals surface area contributed by atoms with Crippen molar-refractivity contribution in [3.8, 4) is 0 Å². The first kappa shape index (κ1) is 20.3. The number of carboxylic acids is 1. The normalized spacial score (nSPS) is 23.0. The number of nitrogens with two attached hydrogens (primary N) is 1. The second-order valence-electron chi connectivity index (χ2n) is 7.61. The van der Waals surface area contributed by atoms with Gasteiger partial charge < -0.3 is 20.6 Å². The van der Waals surface area contributed by atoms with E-state index in [-0.39, 0.29) is 11.8 Å². The van der Waals surface area contributed by atoms with Gasteiger partial charge in [0, 0.05) is 6.54 Å². The molecule has 3 atom stereocenters. The Bertz CT molecular complexity index is 709. The van der Waals surface area contributed by atoms with E-state index in [9.17, 15) is 19.5 Å². The van der Waals surface area contributed by atoms with Crippen LogP contribution in [0.4, 0.5) is 0 Å². The summed E-state index contributed by atoms with van der Waals surface area (Å²) in [5.74, 6) is -1.37. The maximum absolute atomic E-state index is 13.2. The number of fused-ring (bicyclic) bond motifs is 1. The minimum absolute atomic E-state index is 0.106. The Labute approximate surface area is 165 Å². The second kappa shape index (κ2) is 9.19. The van der Waals surface area contributed by atoms with Gasteiger partial charge in [0.1, 0.15) is 18.1 Å². The highest BCUT2D eigenvalue weighted by molar-refractivity contribution is 5.99. The van der Waals surface area contributed by atoms with Crippen molar-refractivity contribution in [1.29, 1.82) is 0 Å². The van der Waals surface area contributed by atoms with Crippen LogP contribution in [0.3, 0.4) is 0 Å². The number of piperazine rings is 1. The summed E-state index contributed by atoms with van der Waals surface area (Å²) in [6, 6.07) is 7.41. The largest absolute Gasteiger partial charge is 0.480 e. The molecule has 7 nitrogen and oxygen atoms in total. The molecule has 0 spiro atoms. The van der Waals surface area contributed by atoms with E-state index in [1.807, 2.05) is 30.3 Å². The van der Waals surface area contributed by atoms with Crippen molar-refractivity contribution >= 4 is 17.8 Å². The summed E-state index contributed by atoms with van der Waals surface area (Å²) in [5, 5.41) is 9.90. The van der Waals surface area contributed by atoms with Crippen molar-refractivity contribution in [1.82, 2.24) is 9.80 Å². The second-order valence-corrected chi connectivity index (χ2v) is 7.61. The zero-order chi connectivity index (χ0) is 20.1. The van der Waals surface area contributed by atoms with Gasteiger partial charge in [-0.3, -0.25) is 9.59 Å². The molecule has 0 bridgehead atoms. The van der Waals surface area contributed by atoms with Crippen LogP contribution in [0.15, 0.2) is 30.3 Å². The Morgan fingerprint density at radius 1 is 1.18 bits per heavy atom. The Kier molecular flexibility index (Phi) is 6.67. The topological polar surface area (TPSA) is 104 Å². The molecule has 1 aromatic rings. The summed E-state index contributed by atoms with van der Waals surface area (Å²) in [4.78, 5) is 41.4. The summed E-state index contributed by atoms with van der Waals surface area (Å²) < 4.78 is 0. The van der Waals surface area contributed by atoms with E-state index in [1.54, 1.807) is 4.90 Å². The zero-order valence-electron chi connectivity index (χ0n) is 16.1. The van der Waals surface area contributed by atoms with Gasteiger partial charge in [-0.15, -0.1) is 0 Å². The molecule has 0 radical (unpaired) electrons. The zero-order valence-corrected chi connectivity index (χ0v) is 16.1. The number of carboxylic acid groups (broad SMARTS) is 1. The number of carbonyl (C=O) groups is 3. The summed E-state index contributed by atoms with van der Waals surface area (Å²) >= 11 is 0. The first-order valence-corrected chi connectivity index (χ1v) is 10.1. The van der Waals surface area contributed by atoms with Gasteiger partial charge >= 0.3 is 5.97 Å². The molecule has 0 saturated carbocycles. The third-order valence-electron chi connectivity index (χ3n) is 5.80. The summed E-state index contributed by atoms with van der Waals surface area (Å²) in [7, 11) is 0. The van der Waals surface area contributed by atoms with Gasteiger partial charge in [0.2, 0.25) is 11.8 Å². The predicted octanol–water partition coefficient (Wildman–Crippen LogP) is 1.40. The van der Waals surface area contributed by atoms with E-state index in [0.29, 0.717) is 45.2 Å². The molecule has 1 aromatic carbocycles. The molecule has 2 aliphatic rings. The van der Waals surface area contributed by atoms with Gasteiger partial charge in [0.25, 0.3) is 0 Å². The highest BCUT2D eigenvalue weighted by atomic mass is 16.4. The number of amides is 2. The molecule has 3 N–H and O–H groups in total. The van der Waals surface area contributed by atoms with Crippen LogP contribution in [0, 0.1) is 0 Å². The number of benzene rings is 1. The van der Waals surface area contributed by atoms with Crippen LogP contribution >= 0.6 is 0 Å². The fraction of sp³-hybridized carbons (Fsp3) is 0.571. The maximum Gasteiger partial charge on any atom is 0.326 e. The van der Waals surface area contributed by atoms with Gasteiger partial charge in [-0.05, 0) is 57.1 Å². The molecular formula is C21H29N3O4. The fourth-order valence-corrected chi connectivity index (χ4v) is 4.37. The lowest BCUT2D eigenvalue weighted by molar-refractivity contribution is -0.168. The Morgan fingerprint density at radius 2 is 1.93 bits per heavy atom. The molecule has 2 amide bonds. The third-order valence-corrected chi connectivity index (χ3v) is 5.80. The van der Waals surface area contributed by atoms with E-state index < -0.39 is 24.1 Å². The van der Waals surface area contributed by atoms with Crippen molar-refractivity contribution in [3.63, 3.8) is 0 Å². The first-order valence-electron chi connectivity index (χ1n) is 10.1. The van der Waals surface area contributed by atoms with Gasteiger partial charge in [0.05, 0.1) is 0 Å². The summed E-state index contributed by atoms with van der Waals surface area (Å²) in [5.41, 5.74) is 6.60. The van der Waals surface area contributed by atoms with Crippen LogP contribution in [-0.4, -0.2) is 63.9 Å². The number of hydrogen-bond donors (Lipinski definition) is 2. The quantitative estimate of drug-likeness (QED) is 0.624. The lowest BCUT2D eigenvalue weighted by Gasteiger charge is -2.45. The number of aryl methyl sites for hydroxylation is 1. The number of aliphatic carboxylic acids is 1. The third kappa shape index (κ3) is 4.19. The maximum atomic E-state index is 13.2. The molecule has 0 aromatic heterocycles. The molecule has 2 aliphatic heterocycles. The van der Waals surface area contributed by atoms with Crippen LogP contribution in [0.1, 0.15) is 44.1 Å². The average molecular weight is 387 g/mol. The molecule has 2 heterocycles. The van der Waals surface area contributed by atoms with Crippen LogP contribution in [0.2, 0.25) is 0 Å². The smallest absolute Gasteiger partial charge is 0.326 e. The number of hydrogen-bond acceptors (Lipinski definition) is 4. The molecule has 3 rings (SSSR count). The van der Waals surface area contributed by atoms with E-state index in [4.69, 9.17) is 5.73 Å². The highest BCUT2D eigenvalue weighted by Gasteiger charge is 2.50. The van der Waals surface area contributed by atoms with Crippen LogP contribution in [0.25, 0.3) is 0 Å². The predicted molar refractivity (Wildman–Crippen MR) is 104 cm³/mol. The monoisotopic (exact) mass is 387 g/mol. The average Bonchev–Trinajstić information content (AvgIpc) is 3.18. The summed E-state index contributed by atoms with van der Waals surface area (Å²) in [6.45, 7) is 1.09. The highest BCUT2D eigenvalue weighted by Crippen LogP contribution is 2.31. The van der Waals surface area contributed by atoms with Crippen molar-refractivity contribution in [2.75, 3.05) is 13.1 Å². The van der Waals surface area contributed by atoms with Gasteiger partial charge in [0.15, 0.2) is 0 Å². The molecule has 152 valence electrons.